The van der Waals surface area contributed by atoms with Crippen molar-refractivity contribution in [3.8, 4) is 0 Å². The lowest BCUT2D eigenvalue weighted by Gasteiger charge is -2.04. The minimum absolute atomic E-state index is 0.132. The van der Waals surface area contributed by atoms with Crippen molar-refractivity contribution in [2.24, 2.45) is 7.05 Å². The van der Waals surface area contributed by atoms with Crippen LogP contribution in [0.1, 0.15) is 21.7 Å². The fourth-order valence-corrected chi connectivity index (χ4v) is 2.37. The quantitative estimate of drug-likeness (QED) is 0.690. The summed E-state index contributed by atoms with van der Waals surface area (Å²) in [6, 6.07) is 12.3. The highest BCUT2D eigenvalue weighted by atomic mass is 19.1. The molecule has 21 heavy (non-hydrogen) atoms. The number of carbonyl (C=O) groups excluding carboxylic acids is 1. The van der Waals surface area contributed by atoms with Gasteiger partial charge in [-0.3, -0.25) is 4.79 Å². The van der Waals surface area contributed by atoms with Crippen molar-refractivity contribution in [2.45, 2.75) is 13.3 Å². The summed E-state index contributed by atoms with van der Waals surface area (Å²) in [5, 5.41) is 0. The highest BCUT2D eigenvalue weighted by Crippen LogP contribution is 2.17. The largest absolute Gasteiger partial charge is 0.331 e. The molecule has 0 aliphatic rings. The molecule has 0 atom stereocenters. The molecule has 3 nitrogen and oxygen atoms in total. The second kappa shape index (κ2) is 5.13. The molecule has 0 unspecified atom stereocenters. The topological polar surface area (TPSA) is 34.9 Å². The summed E-state index contributed by atoms with van der Waals surface area (Å²) in [5.41, 5.74) is 2.76. The molecule has 3 rings (SSSR count). The number of hydrogen-bond donors (Lipinski definition) is 0. The van der Waals surface area contributed by atoms with E-state index in [1.807, 2.05) is 35.9 Å². The molecule has 0 saturated heterocycles. The molecule has 0 fully saturated rings. The van der Waals surface area contributed by atoms with Crippen LogP contribution in [0.2, 0.25) is 0 Å². The second-order valence-corrected chi connectivity index (χ2v) is 5.14. The fraction of sp³-hybridized carbons (Fsp3) is 0.176. The minimum Gasteiger partial charge on any atom is -0.331 e. The molecule has 0 radical (unpaired) electrons. The van der Waals surface area contributed by atoms with E-state index >= 15 is 0 Å². The van der Waals surface area contributed by atoms with Crippen LogP contribution in [0.5, 0.6) is 0 Å². The lowest BCUT2D eigenvalue weighted by Crippen LogP contribution is -2.09. The van der Waals surface area contributed by atoms with Gasteiger partial charge in [-0.15, -0.1) is 0 Å². The highest BCUT2D eigenvalue weighted by Gasteiger charge is 2.14. The number of aryl methyl sites for hydroxylation is 2. The first-order valence-electron chi connectivity index (χ1n) is 6.76. The Morgan fingerprint density at radius 2 is 2.00 bits per heavy atom. The van der Waals surface area contributed by atoms with Crippen molar-refractivity contribution < 1.29 is 9.18 Å². The molecule has 0 amide bonds. The fourth-order valence-electron chi connectivity index (χ4n) is 2.37. The number of imidazole rings is 1. The second-order valence-electron chi connectivity index (χ2n) is 5.14. The van der Waals surface area contributed by atoms with Gasteiger partial charge in [0.2, 0.25) is 0 Å². The van der Waals surface area contributed by atoms with E-state index in [-0.39, 0.29) is 18.0 Å². The summed E-state index contributed by atoms with van der Waals surface area (Å²) < 4.78 is 15.5. The third-order valence-electron chi connectivity index (χ3n) is 3.69. The first kappa shape index (κ1) is 13.5. The first-order valence-corrected chi connectivity index (χ1v) is 6.76. The van der Waals surface area contributed by atoms with Gasteiger partial charge in [0.1, 0.15) is 11.6 Å². The maximum absolute atomic E-state index is 13.6. The standard InChI is InChI=1S/C17H15FN2O/c1-11-7-8-12(9-13(11)18)16(21)10-17-19-14-5-3-4-6-15(14)20(17)2/h3-9H,10H2,1-2H3. The molecule has 2 aromatic carbocycles. The normalized spacial score (nSPS) is 11.0. The molecule has 1 aromatic heterocycles. The van der Waals surface area contributed by atoms with Gasteiger partial charge < -0.3 is 4.57 Å². The van der Waals surface area contributed by atoms with E-state index in [0.717, 1.165) is 11.0 Å². The van der Waals surface area contributed by atoms with Gasteiger partial charge in [0.05, 0.1) is 17.5 Å². The maximum Gasteiger partial charge on any atom is 0.170 e. The van der Waals surface area contributed by atoms with Gasteiger partial charge in [-0.1, -0.05) is 24.3 Å². The van der Waals surface area contributed by atoms with Crippen LogP contribution >= 0.6 is 0 Å². The van der Waals surface area contributed by atoms with Gasteiger partial charge in [-0.25, -0.2) is 9.37 Å². The number of rotatable bonds is 3. The number of carbonyl (C=O) groups is 1. The average molecular weight is 282 g/mol. The molecular weight excluding hydrogens is 267 g/mol. The van der Waals surface area contributed by atoms with Gasteiger partial charge in [0.25, 0.3) is 0 Å². The molecule has 106 valence electrons. The number of fused-ring (bicyclic) bond motifs is 1. The van der Waals surface area contributed by atoms with Gasteiger partial charge in [-0.05, 0) is 30.7 Å². The predicted octanol–water partition coefficient (Wildman–Crippen LogP) is 3.45. The molecule has 0 N–H and O–H groups in total. The summed E-state index contributed by atoms with van der Waals surface area (Å²) in [7, 11) is 1.88. The predicted molar refractivity (Wildman–Crippen MR) is 79.9 cm³/mol. The maximum atomic E-state index is 13.6. The van der Waals surface area contributed by atoms with Crippen LogP contribution in [0.3, 0.4) is 0 Å². The van der Waals surface area contributed by atoms with Crippen molar-refractivity contribution in [3.63, 3.8) is 0 Å². The Morgan fingerprint density at radius 1 is 1.24 bits per heavy atom. The monoisotopic (exact) mass is 282 g/mol. The Morgan fingerprint density at radius 3 is 2.71 bits per heavy atom. The smallest absolute Gasteiger partial charge is 0.170 e. The van der Waals surface area contributed by atoms with Gasteiger partial charge in [0, 0.05) is 12.6 Å². The number of aromatic nitrogens is 2. The first-order chi connectivity index (χ1) is 10.1. The molecule has 0 spiro atoms. The number of Topliss-reactive ketones (excluding diaryl/α,β-unsaturated/α-hetero) is 1. The van der Waals surface area contributed by atoms with Crippen molar-refractivity contribution in [1.82, 2.24) is 9.55 Å². The number of para-hydroxylation sites is 2. The van der Waals surface area contributed by atoms with Gasteiger partial charge >= 0.3 is 0 Å². The van der Waals surface area contributed by atoms with Crippen LogP contribution in [-0.2, 0) is 13.5 Å². The molecular formula is C17H15FN2O. The third-order valence-corrected chi connectivity index (χ3v) is 3.69. The van der Waals surface area contributed by atoms with E-state index in [1.165, 1.54) is 6.07 Å². The van der Waals surface area contributed by atoms with Gasteiger partial charge in [0.15, 0.2) is 5.78 Å². The zero-order valence-electron chi connectivity index (χ0n) is 11.9. The van der Waals surface area contributed by atoms with Crippen LogP contribution in [0.15, 0.2) is 42.5 Å². The Kier molecular flexibility index (Phi) is 3.29. The van der Waals surface area contributed by atoms with Crippen molar-refractivity contribution in [2.75, 3.05) is 0 Å². The number of ketones is 1. The number of halogens is 1. The Labute approximate surface area is 122 Å². The number of nitrogens with zero attached hydrogens (tertiary/aromatic N) is 2. The SMILES string of the molecule is Cc1ccc(C(=O)Cc2nc3ccccc3n2C)cc1F. The summed E-state index contributed by atoms with van der Waals surface area (Å²) in [5.74, 6) is 0.195. The summed E-state index contributed by atoms with van der Waals surface area (Å²) in [4.78, 5) is 16.8. The highest BCUT2D eigenvalue weighted by molar-refractivity contribution is 5.97. The van der Waals surface area contributed by atoms with Crippen molar-refractivity contribution in [1.29, 1.82) is 0 Å². The molecule has 0 saturated carbocycles. The van der Waals surface area contributed by atoms with Gasteiger partial charge in [-0.2, -0.15) is 0 Å². The van der Waals surface area contributed by atoms with Crippen LogP contribution < -0.4 is 0 Å². The third kappa shape index (κ3) is 2.44. The van der Waals surface area contributed by atoms with E-state index in [4.69, 9.17) is 0 Å². The summed E-state index contributed by atoms with van der Waals surface area (Å²) in [6.07, 6.45) is 0.160. The van der Waals surface area contributed by atoms with E-state index in [2.05, 4.69) is 4.98 Å². The van der Waals surface area contributed by atoms with E-state index in [9.17, 15) is 9.18 Å². The van der Waals surface area contributed by atoms with Crippen molar-refractivity contribution in [3.05, 3.63) is 65.2 Å². The summed E-state index contributed by atoms with van der Waals surface area (Å²) >= 11 is 0. The number of hydrogen-bond acceptors (Lipinski definition) is 2. The molecule has 0 aliphatic carbocycles. The molecule has 1 heterocycles. The minimum atomic E-state index is -0.356. The lowest BCUT2D eigenvalue weighted by atomic mass is 10.1. The molecule has 4 heteroatoms. The summed E-state index contributed by atoms with van der Waals surface area (Å²) in [6.45, 7) is 1.68. The average Bonchev–Trinajstić information content (AvgIpc) is 2.79. The zero-order valence-corrected chi connectivity index (χ0v) is 11.9. The molecule has 3 aromatic rings. The van der Waals surface area contributed by atoms with Crippen molar-refractivity contribution >= 4 is 16.8 Å². The lowest BCUT2D eigenvalue weighted by molar-refractivity contribution is 0.0989. The molecule has 0 aliphatic heterocycles. The van der Waals surface area contributed by atoms with E-state index in [0.29, 0.717) is 17.0 Å². The zero-order chi connectivity index (χ0) is 15.0. The van der Waals surface area contributed by atoms with E-state index < -0.39 is 0 Å². The van der Waals surface area contributed by atoms with Crippen LogP contribution in [0.25, 0.3) is 11.0 Å². The Hall–Kier alpha value is -2.49. The Balaban J connectivity index is 1.92. The van der Waals surface area contributed by atoms with E-state index in [1.54, 1.807) is 19.1 Å². The Bertz CT molecular complexity index is 836. The molecule has 0 bridgehead atoms. The number of benzene rings is 2. The van der Waals surface area contributed by atoms with Crippen LogP contribution in [-0.4, -0.2) is 15.3 Å². The van der Waals surface area contributed by atoms with Crippen LogP contribution in [0.4, 0.5) is 4.39 Å². The van der Waals surface area contributed by atoms with Crippen LogP contribution in [0, 0.1) is 12.7 Å².